The van der Waals surface area contributed by atoms with E-state index in [-0.39, 0.29) is 5.54 Å². The first-order valence-electron chi connectivity index (χ1n) is 12.0. The summed E-state index contributed by atoms with van der Waals surface area (Å²) in [6, 6.07) is 11.0. The fourth-order valence-corrected chi connectivity index (χ4v) is 5.62. The molecule has 0 radical (unpaired) electrons. The standard InChI is InChI=1S/C26H35N5/c27-26(16-8-9-17-26)21-12-4-5-13-22(21)28-19-29-25-30-23-14-6-7-15-24(23)31(25)18-20-10-2-1-3-11-20/h1-3,6-7,10-11,15,23,28H,4-5,8-9,12-14,16-19,27H2,(H,29,30). The predicted molar refractivity (Wildman–Crippen MR) is 127 cm³/mol. The van der Waals surface area contributed by atoms with E-state index in [0.29, 0.717) is 12.7 Å². The highest BCUT2D eigenvalue weighted by atomic mass is 15.4. The third kappa shape index (κ3) is 4.29. The normalized spacial score (nSPS) is 26.1. The summed E-state index contributed by atoms with van der Waals surface area (Å²) >= 11 is 0. The second-order valence-electron chi connectivity index (χ2n) is 9.37. The third-order valence-corrected chi connectivity index (χ3v) is 7.27. The van der Waals surface area contributed by atoms with Crippen LogP contribution in [0.2, 0.25) is 0 Å². The third-order valence-electron chi connectivity index (χ3n) is 7.27. The molecule has 4 N–H and O–H groups in total. The van der Waals surface area contributed by atoms with Gasteiger partial charge in [-0.05, 0) is 62.2 Å². The molecule has 1 aliphatic heterocycles. The van der Waals surface area contributed by atoms with Crippen molar-refractivity contribution in [2.24, 2.45) is 10.7 Å². The van der Waals surface area contributed by atoms with Crippen molar-refractivity contribution in [1.82, 2.24) is 15.5 Å². The van der Waals surface area contributed by atoms with Gasteiger partial charge in [0.15, 0.2) is 0 Å². The molecule has 1 saturated heterocycles. The summed E-state index contributed by atoms with van der Waals surface area (Å²) in [7, 11) is 0. The average molecular weight is 418 g/mol. The van der Waals surface area contributed by atoms with Crippen LogP contribution in [-0.4, -0.2) is 29.1 Å². The molecule has 3 aliphatic carbocycles. The maximum atomic E-state index is 6.84. The summed E-state index contributed by atoms with van der Waals surface area (Å²) in [6.45, 7) is 1.43. The van der Waals surface area contributed by atoms with Gasteiger partial charge in [-0.15, -0.1) is 0 Å². The molecule has 0 bridgehead atoms. The molecule has 0 aromatic heterocycles. The maximum absolute atomic E-state index is 6.84. The van der Waals surface area contributed by atoms with Crippen molar-refractivity contribution in [2.45, 2.75) is 75.9 Å². The van der Waals surface area contributed by atoms with Crippen LogP contribution in [0.15, 0.2) is 70.5 Å². The second-order valence-corrected chi connectivity index (χ2v) is 9.37. The summed E-state index contributed by atoms with van der Waals surface area (Å²) < 4.78 is 0. The molecule has 1 saturated carbocycles. The van der Waals surface area contributed by atoms with E-state index in [2.05, 4.69) is 64.1 Å². The minimum Gasteiger partial charge on any atom is -0.370 e. The smallest absolute Gasteiger partial charge is 0.200 e. The number of fused-ring (bicyclic) bond motifs is 1. The lowest BCUT2D eigenvalue weighted by atomic mass is 9.80. The molecule has 31 heavy (non-hydrogen) atoms. The van der Waals surface area contributed by atoms with Crippen molar-refractivity contribution in [1.29, 1.82) is 0 Å². The number of guanidine groups is 1. The Bertz CT molecular complexity index is 905. The molecule has 1 heterocycles. The number of rotatable bonds is 6. The monoisotopic (exact) mass is 417 g/mol. The highest BCUT2D eigenvalue weighted by molar-refractivity contribution is 5.86. The van der Waals surface area contributed by atoms with Gasteiger partial charge in [0, 0.05) is 16.9 Å². The van der Waals surface area contributed by atoms with E-state index in [4.69, 9.17) is 10.7 Å². The number of aliphatic imine (C=N–C) groups is 1. The van der Waals surface area contributed by atoms with Crippen LogP contribution >= 0.6 is 0 Å². The van der Waals surface area contributed by atoms with Gasteiger partial charge in [-0.25, -0.2) is 4.99 Å². The molecule has 0 spiro atoms. The lowest BCUT2D eigenvalue weighted by Crippen LogP contribution is -2.41. The molecule has 1 unspecified atom stereocenters. The topological polar surface area (TPSA) is 65.7 Å². The van der Waals surface area contributed by atoms with Crippen LogP contribution in [0.4, 0.5) is 0 Å². The van der Waals surface area contributed by atoms with E-state index in [1.54, 1.807) is 0 Å². The van der Waals surface area contributed by atoms with Gasteiger partial charge in [0.25, 0.3) is 0 Å². The number of hydrogen-bond acceptors (Lipinski definition) is 3. The van der Waals surface area contributed by atoms with Crippen LogP contribution in [-0.2, 0) is 6.54 Å². The Morgan fingerprint density at radius 2 is 1.90 bits per heavy atom. The van der Waals surface area contributed by atoms with Crippen molar-refractivity contribution < 1.29 is 0 Å². The Kier molecular flexibility index (Phi) is 5.86. The van der Waals surface area contributed by atoms with E-state index in [0.717, 1.165) is 44.6 Å². The largest absolute Gasteiger partial charge is 0.370 e. The molecule has 4 aliphatic rings. The summed E-state index contributed by atoms with van der Waals surface area (Å²) in [5.74, 6) is 0.970. The molecule has 5 nitrogen and oxygen atoms in total. The van der Waals surface area contributed by atoms with Gasteiger partial charge in [0.2, 0.25) is 5.96 Å². The second kappa shape index (κ2) is 8.91. The van der Waals surface area contributed by atoms with Gasteiger partial charge < -0.3 is 21.3 Å². The summed E-state index contributed by atoms with van der Waals surface area (Å²) in [5.41, 5.74) is 12.2. The highest BCUT2D eigenvalue weighted by Crippen LogP contribution is 2.39. The SMILES string of the molecule is NC1(C2=C(NC/N=C3/NC4CC=CC=C4N3Cc3ccccc3)CCCC2)CCCC1. The summed E-state index contributed by atoms with van der Waals surface area (Å²) in [6.07, 6.45) is 17.2. The number of nitrogens with one attached hydrogen (secondary N) is 2. The molecule has 1 atom stereocenters. The Hall–Kier alpha value is -2.53. The lowest BCUT2D eigenvalue weighted by molar-refractivity contribution is 0.455. The molecule has 5 rings (SSSR count). The molecular weight excluding hydrogens is 382 g/mol. The lowest BCUT2D eigenvalue weighted by Gasteiger charge is -2.33. The van der Waals surface area contributed by atoms with Crippen LogP contribution in [0.25, 0.3) is 0 Å². The fourth-order valence-electron chi connectivity index (χ4n) is 5.62. The maximum Gasteiger partial charge on any atom is 0.200 e. The zero-order valence-electron chi connectivity index (χ0n) is 18.4. The summed E-state index contributed by atoms with van der Waals surface area (Å²) in [4.78, 5) is 7.32. The average Bonchev–Trinajstić information content (AvgIpc) is 3.40. The van der Waals surface area contributed by atoms with Gasteiger partial charge in [-0.1, -0.05) is 55.3 Å². The minimum absolute atomic E-state index is 0.0771. The number of allylic oxidation sites excluding steroid dienone is 3. The van der Waals surface area contributed by atoms with Crippen LogP contribution in [0.3, 0.4) is 0 Å². The molecule has 1 aromatic carbocycles. The first-order valence-corrected chi connectivity index (χ1v) is 12.0. The number of nitrogens with zero attached hydrogens (tertiary/aromatic N) is 2. The predicted octanol–water partition coefficient (Wildman–Crippen LogP) is 4.31. The van der Waals surface area contributed by atoms with Crippen LogP contribution in [0, 0.1) is 0 Å². The minimum atomic E-state index is -0.0771. The number of benzene rings is 1. The molecule has 1 aromatic rings. The molecule has 5 heteroatoms. The highest BCUT2D eigenvalue weighted by Gasteiger charge is 2.36. The Labute approximate surface area is 186 Å². The van der Waals surface area contributed by atoms with Crippen molar-refractivity contribution >= 4 is 5.96 Å². The van der Waals surface area contributed by atoms with E-state index < -0.39 is 0 Å². The first kappa shape index (κ1) is 20.4. The van der Waals surface area contributed by atoms with Crippen molar-refractivity contribution in [3.05, 3.63) is 71.1 Å². The van der Waals surface area contributed by atoms with Gasteiger partial charge in [-0.2, -0.15) is 0 Å². The summed E-state index contributed by atoms with van der Waals surface area (Å²) in [5, 5.41) is 7.33. The fraction of sp³-hybridized carbons (Fsp3) is 0.500. The quantitative estimate of drug-likeness (QED) is 0.645. The van der Waals surface area contributed by atoms with Gasteiger partial charge in [0.05, 0.1) is 12.6 Å². The first-order chi connectivity index (χ1) is 15.2. The van der Waals surface area contributed by atoms with Crippen molar-refractivity contribution in [2.75, 3.05) is 6.67 Å². The Balaban J connectivity index is 1.33. The van der Waals surface area contributed by atoms with E-state index in [9.17, 15) is 0 Å². The van der Waals surface area contributed by atoms with Crippen molar-refractivity contribution in [3.8, 4) is 0 Å². The molecular formula is C26H35N5. The Morgan fingerprint density at radius 3 is 2.74 bits per heavy atom. The number of hydrogen-bond donors (Lipinski definition) is 3. The Morgan fingerprint density at radius 1 is 1.10 bits per heavy atom. The van der Waals surface area contributed by atoms with Crippen LogP contribution in [0.1, 0.15) is 63.4 Å². The van der Waals surface area contributed by atoms with E-state index >= 15 is 0 Å². The van der Waals surface area contributed by atoms with Crippen molar-refractivity contribution in [3.63, 3.8) is 0 Å². The van der Waals surface area contributed by atoms with Gasteiger partial charge in [0.1, 0.15) is 6.67 Å². The zero-order chi connectivity index (χ0) is 21.1. The van der Waals surface area contributed by atoms with Crippen LogP contribution < -0.4 is 16.4 Å². The zero-order valence-corrected chi connectivity index (χ0v) is 18.4. The van der Waals surface area contributed by atoms with Crippen LogP contribution in [0.5, 0.6) is 0 Å². The van der Waals surface area contributed by atoms with Gasteiger partial charge in [-0.3, -0.25) is 0 Å². The molecule has 2 fully saturated rings. The van der Waals surface area contributed by atoms with E-state index in [1.807, 2.05) is 0 Å². The molecule has 164 valence electrons. The van der Waals surface area contributed by atoms with E-state index in [1.165, 1.54) is 48.2 Å². The van der Waals surface area contributed by atoms with Gasteiger partial charge >= 0.3 is 0 Å². The number of nitrogens with two attached hydrogens (primary N) is 1. The molecule has 0 amide bonds.